The Kier molecular flexibility index (Phi) is 7.46. The van der Waals surface area contributed by atoms with Crippen LogP contribution in [0.3, 0.4) is 0 Å². The van der Waals surface area contributed by atoms with Crippen molar-refractivity contribution in [3.63, 3.8) is 0 Å². The van der Waals surface area contributed by atoms with E-state index in [4.69, 9.17) is 15.0 Å². The van der Waals surface area contributed by atoms with Gasteiger partial charge in [-0.3, -0.25) is 4.57 Å². The highest BCUT2D eigenvalue weighted by Crippen LogP contribution is 2.46. The van der Waals surface area contributed by atoms with Gasteiger partial charge in [-0.05, 0) is 66.7 Å². The Morgan fingerprint density at radius 1 is 0.328 bits per heavy atom. The van der Waals surface area contributed by atoms with Crippen molar-refractivity contribution < 1.29 is 0 Å². The van der Waals surface area contributed by atoms with Crippen molar-refractivity contribution in [2.45, 2.75) is 0 Å². The van der Waals surface area contributed by atoms with Crippen molar-refractivity contribution in [2.24, 2.45) is 0 Å². The number of nitrogens with zero attached hydrogens (tertiary/aromatic N) is 6. The standard InChI is InChI=1S/C57H34N6S/c1-3-17-35(18-4-1)55-58-56(36-31-32-51-43(33-36)41-24-11-16-30-50(41)64-51)60-57(59-55)63-48-29-15-10-25-42(48)52-53-44(40-23-9-12-26-45(40)61(53)37-19-5-2-6-20-37)34-49(54(52)63)62-46-27-13-7-21-38(46)39-22-8-14-28-47(39)62/h1-34H. The average Bonchev–Trinajstić information content (AvgIpc) is 4.11. The largest absolute Gasteiger partial charge is 0.309 e. The summed E-state index contributed by atoms with van der Waals surface area (Å²) in [4.78, 5) is 16.2. The third-order valence-corrected chi connectivity index (χ3v) is 14.0. The molecule has 0 atom stereocenters. The Morgan fingerprint density at radius 3 is 1.53 bits per heavy atom. The maximum absolute atomic E-state index is 5.52. The van der Waals surface area contributed by atoms with E-state index in [-0.39, 0.29) is 0 Å². The van der Waals surface area contributed by atoms with Crippen molar-refractivity contribution in [2.75, 3.05) is 0 Å². The topological polar surface area (TPSA) is 53.5 Å². The summed E-state index contributed by atoms with van der Waals surface area (Å²) in [7, 11) is 0. The minimum Gasteiger partial charge on any atom is -0.309 e. The van der Waals surface area contributed by atoms with E-state index >= 15 is 0 Å². The Hall–Kier alpha value is -8.39. The molecule has 9 aromatic carbocycles. The zero-order chi connectivity index (χ0) is 41.9. The van der Waals surface area contributed by atoms with Crippen molar-refractivity contribution in [3.8, 4) is 40.1 Å². The quantitative estimate of drug-likeness (QED) is 0.174. The van der Waals surface area contributed by atoms with Crippen LogP contribution in [0.5, 0.6) is 0 Å². The molecule has 0 saturated heterocycles. The summed E-state index contributed by atoms with van der Waals surface area (Å²) in [6, 6.07) is 73.7. The predicted octanol–water partition coefficient (Wildman–Crippen LogP) is 14.9. The van der Waals surface area contributed by atoms with Crippen molar-refractivity contribution in [1.29, 1.82) is 0 Å². The second kappa shape index (κ2) is 13.6. The fraction of sp³-hybridized carbons (Fsp3) is 0. The zero-order valence-electron chi connectivity index (χ0n) is 34.2. The molecule has 0 bridgehead atoms. The number of hydrogen-bond donors (Lipinski definition) is 0. The Balaban J connectivity index is 1.18. The smallest absolute Gasteiger partial charge is 0.238 e. The van der Waals surface area contributed by atoms with Gasteiger partial charge >= 0.3 is 0 Å². The van der Waals surface area contributed by atoms with E-state index in [1.807, 2.05) is 29.5 Å². The lowest BCUT2D eigenvalue weighted by molar-refractivity contribution is 0.950. The first-order valence-electron chi connectivity index (χ1n) is 21.5. The Bertz CT molecular complexity index is 4140. The van der Waals surface area contributed by atoms with E-state index in [1.54, 1.807) is 0 Å². The third-order valence-electron chi connectivity index (χ3n) is 12.9. The van der Waals surface area contributed by atoms with Crippen LogP contribution >= 0.6 is 11.3 Å². The van der Waals surface area contributed by atoms with E-state index in [0.29, 0.717) is 17.6 Å². The average molecular weight is 835 g/mol. The van der Waals surface area contributed by atoms with Crippen molar-refractivity contribution >= 4 is 96.9 Å². The fourth-order valence-electron chi connectivity index (χ4n) is 10.2. The van der Waals surface area contributed by atoms with Crippen LogP contribution in [0.2, 0.25) is 0 Å². The van der Waals surface area contributed by atoms with Gasteiger partial charge in [-0.1, -0.05) is 140 Å². The minimum absolute atomic E-state index is 0.550. The second-order valence-electron chi connectivity index (χ2n) is 16.4. The van der Waals surface area contributed by atoms with Gasteiger partial charge in [0.2, 0.25) is 5.95 Å². The normalized spacial score (nSPS) is 12.1. The van der Waals surface area contributed by atoms with Gasteiger partial charge in [0.1, 0.15) is 0 Å². The van der Waals surface area contributed by atoms with E-state index in [2.05, 4.69) is 202 Å². The molecule has 14 rings (SSSR count). The summed E-state index contributed by atoms with van der Waals surface area (Å²) in [5.41, 5.74) is 10.6. The van der Waals surface area contributed by atoms with Crippen LogP contribution in [0.4, 0.5) is 0 Å². The second-order valence-corrected chi connectivity index (χ2v) is 17.5. The molecule has 6 nitrogen and oxygen atoms in total. The van der Waals surface area contributed by atoms with Crippen LogP contribution in [0.1, 0.15) is 0 Å². The van der Waals surface area contributed by atoms with Gasteiger partial charge in [0, 0.05) is 69.3 Å². The molecule has 5 heterocycles. The Labute approximate surface area is 370 Å². The van der Waals surface area contributed by atoms with Gasteiger partial charge in [-0.15, -0.1) is 11.3 Å². The maximum Gasteiger partial charge on any atom is 0.238 e. The summed E-state index contributed by atoms with van der Waals surface area (Å²) >= 11 is 1.81. The summed E-state index contributed by atoms with van der Waals surface area (Å²) < 4.78 is 9.68. The van der Waals surface area contributed by atoms with E-state index in [9.17, 15) is 0 Å². The number of para-hydroxylation sites is 5. The third kappa shape index (κ3) is 5.04. The molecule has 14 aromatic rings. The minimum atomic E-state index is 0.550. The first-order chi connectivity index (χ1) is 31.8. The van der Waals surface area contributed by atoms with Gasteiger partial charge < -0.3 is 9.13 Å². The number of rotatable bonds is 5. The highest BCUT2D eigenvalue weighted by atomic mass is 32.1. The highest BCUT2D eigenvalue weighted by Gasteiger charge is 2.27. The van der Waals surface area contributed by atoms with Gasteiger partial charge in [0.25, 0.3) is 0 Å². The molecule has 64 heavy (non-hydrogen) atoms. The van der Waals surface area contributed by atoms with Crippen LogP contribution < -0.4 is 0 Å². The molecule has 0 aliphatic carbocycles. The molecule has 0 saturated carbocycles. The van der Waals surface area contributed by atoms with Crippen LogP contribution in [-0.2, 0) is 0 Å². The summed E-state index contributed by atoms with van der Waals surface area (Å²) in [5, 5.41) is 9.42. The highest BCUT2D eigenvalue weighted by molar-refractivity contribution is 7.25. The molecule has 0 aliphatic heterocycles. The van der Waals surface area contributed by atoms with E-state index in [1.165, 1.54) is 41.7 Å². The van der Waals surface area contributed by atoms with Gasteiger partial charge in [-0.25, -0.2) is 4.98 Å². The zero-order valence-corrected chi connectivity index (χ0v) is 35.0. The molecule has 0 fully saturated rings. The molecule has 0 amide bonds. The monoisotopic (exact) mass is 834 g/mol. The SMILES string of the molecule is c1ccc(-c2nc(-c3ccc4sc5ccccc5c4c3)nc(-n3c4ccccc4c4c3c(-n3c5ccccc5c5ccccc53)cc3c5ccccc5n(-c5ccccc5)c34)n2)cc1. The summed E-state index contributed by atoms with van der Waals surface area (Å²) in [6.45, 7) is 0. The molecule has 0 radical (unpaired) electrons. The van der Waals surface area contributed by atoms with Gasteiger partial charge in [0.15, 0.2) is 11.6 Å². The molecule has 0 aliphatic rings. The lowest BCUT2D eigenvalue weighted by Crippen LogP contribution is -2.08. The predicted molar refractivity (Wildman–Crippen MR) is 267 cm³/mol. The summed E-state index contributed by atoms with van der Waals surface area (Å²) in [5.74, 6) is 1.78. The molecule has 5 aromatic heterocycles. The van der Waals surface area contributed by atoms with Crippen LogP contribution in [0.15, 0.2) is 206 Å². The first-order valence-corrected chi connectivity index (χ1v) is 22.4. The number of fused-ring (bicyclic) bond motifs is 13. The number of benzene rings is 9. The molecular weight excluding hydrogens is 801 g/mol. The molecular formula is C57H34N6S. The van der Waals surface area contributed by atoms with Gasteiger partial charge in [-0.2, -0.15) is 9.97 Å². The number of aromatic nitrogens is 6. The molecule has 0 unspecified atom stereocenters. The molecule has 7 heteroatoms. The Morgan fingerprint density at radius 2 is 0.844 bits per heavy atom. The van der Waals surface area contributed by atoms with Crippen molar-refractivity contribution in [3.05, 3.63) is 206 Å². The van der Waals surface area contributed by atoms with E-state index in [0.717, 1.165) is 66.4 Å². The van der Waals surface area contributed by atoms with Gasteiger partial charge in [0.05, 0.1) is 38.8 Å². The molecule has 0 N–H and O–H groups in total. The number of hydrogen-bond acceptors (Lipinski definition) is 4. The maximum atomic E-state index is 5.52. The van der Waals surface area contributed by atoms with E-state index < -0.39 is 0 Å². The number of thiophene rings is 1. The fourth-order valence-corrected chi connectivity index (χ4v) is 11.3. The lowest BCUT2D eigenvalue weighted by atomic mass is 10.1. The van der Waals surface area contributed by atoms with Crippen molar-refractivity contribution in [1.82, 2.24) is 28.7 Å². The molecule has 0 spiro atoms. The van der Waals surface area contributed by atoms with Crippen LogP contribution in [-0.4, -0.2) is 28.7 Å². The van der Waals surface area contributed by atoms with Crippen LogP contribution in [0.25, 0.3) is 126 Å². The first kappa shape index (κ1) is 35.2. The lowest BCUT2D eigenvalue weighted by Gasteiger charge is -2.16. The van der Waals surface area contributed by atoms with Crippen LogP contribution in [0, 0.1) is 0 Å². The molecule has 298 valence electrons. The summed E-state index contributed by atoms with van der Waals surface area (Å²) in [6.07, 6.45) is 0.